The molecule has 3 heteroatoms. The first kappa shape index (κ1) is 12.1. The maximum atomic E-state index is 11.0. The van der Waals surface area contributed by atoms with Crippen molar-refractivity contribution >= 4 is 12.0 Å². The fourth-order valence-corrected chi connectivity index (χ4v) is 2.52. The number of anilines is 1. The summed E-state index contributed by atoms with van der Waals surface area (Å²) in [7, 11) is 0. The predicted octanol–water partition coefficient (Wildman–Crippen LogP) is 2.10. The first-order chi connectivity index (χ1) is 8.35. The van der Waals surface area contributed by atoms with Crippen LogP contribution in [0.1, 0.15) is 29.6 Å². The Morgan fingerprint density at radius 1 is 1.29 bits per heavy atom. The molecule has 1 N–H and O–H groups in total. The third-order valence-electron chi connectivity index (χ3n) is 3.56. The molecule has 2 rings (SSSR count). The van der Waals surface area contributed by atoms with Crippen LogP contribution in [0, 0.1) is 5.92 Å². The van der Waals surface area contributed by atoms with E-state index in [1.54, 1.807) is 0 Å². The minimum Gasteiger partial charge on any atom is -0.396 e. The van der Waals surface area contributed by atoms with Crippen LogP contribution in [0.4, 0.5) is 5.69 Å². The Balaban J connectivity index is 2.02. The minimum absolute atomic E-state index is 0.287. The van der Waals surface area contributed by atoms with Gasteiger partial charge < -0.3 is 10.0 Å². The topological polar surface area (TPSA) is 40.5 Å². The molecule has 0 aliphatic carbocycles. The number of hydrogen-bond donors (Lipinski definition) is 1. The summed E-state index contributed by atoms with van der Waals surface area (Å²) < 4.78 is 0. The van der Waals surface area contributed by atoms with Gasteiger partial charge in [0.05, 0.1) is 0 Å². The molecule has 1 aromatic carbocycles. The number of rotatable bonds is 4. The van der Waals surface area contributed by atoms with Crippen molar-refractivity contribution in [3.8, 4) is 0 Å². The quantitative estimate of drug-likeness (QED) is 0.810. The molecule has 1 heterocycles. The van der Waals surface area contributed by atoms with Gasteiger partial charge in [0, 0.05) is 30.9 Å². The molecule has 0 bridgehead atoms. The molecule has 1 aromatic rings. The van der Waals surface area contributed by atoms with E-state index >= 15 is 0 Å². The van der Waals surface area contributed by atoms with Crippen molar-refractivity contribution in [3.63, 3.8) is 0 Å². The lowest BCUT2D eigenvalue weighted by Gasteiger charge is -2.34. The van der Waals surface area contributed by atoms with Crippen LogP contribution in [0.3, 0.4) is 0 Å². The number of carbonyl (C=O) groups is 1. The first-order valence-electron chi connectivity index (χ1n) is 6.25. The van der Waals surface area contributed by atoms with Crippen LogP contribution in [0.5, 0.6) is 0 Å². The lowest BCUT2D eigenvalue weighted by atomic mass is 9.93. The number of para-hydroxylation sites is 1. The summed E-state index contributed by atoms with van der Waals surface area (Å²) in [6, 6.07) is 7.74. The Morgan fingerprint density at radius 3 is 2.65 bits per heavy atom. The second-order valence-electron chi connectivity index (χ2n) is 4.62. The number of benzene rings is 1. The van der Waals surface area contributed by atoms with Gasteiger partial charge in [-0.3, -0.25) is 4.79 Å². The highest BCUT2D eigenvalue weighted by molar-refractivity contribution is 5.84. The van der Waals surface area contributed by atoms with Crippen molar-refractivity contribution < 1.29 is 9.90 Å². The summed E-state index contributed by atoms with van der Waals surface area (Å²) >= 11 is 0. The van der Waals surface area contributed by atoms with E-state index in [4.69, 9.17) is 5.11 Å². The summed E-state index contributed by atoms with van der Waals surface area (Å²) in [5.41, 5.74) is 1.82. The molecule has 0 atom stereocenters. The Bertz CT molecular complexity index is 370. The zero-order chi connectivity index (χ0) is 12.1. The highest BCUT2D eigenvalue weighted by Gasteiger charge is 2.20. The number of piperidine rings is 1. The minimum atomic E-state index is 0.287. The Hall–Kier alpha value is -1.35. The molecule has 0 saturated carbocycles. The second-order valence-corrected chi connectivity index (χ2v) is 4.62. The van der Waals surface area contributed by atoms with Gasteiger partial charge in [-0.15, -0.1) is 0 Å². The molecule has 0 radical (unpaired) electrons. The number of aliphatic hydroxyl groups is 1. The molecule has 1 fully saturated rings. The van der Waals surface area contributed by atoms with E-state index < -0.39 is 0 Å². The van der Waals surface area contributed by atoms with Gasteiger partial charge in [-0.2, -0.15) is 0 Å². The number of aliphatic hydroxyl groups excluding tert-OH is 1. The SMILES string of the molecule is O=Cc1ccccc1N1CCC(CCO)CC1. The molecule has 1 saturated heterocycles. The van der Waals surface area contributed by atoms with Gasteiger partial charge in [-0.1, -0.05) is 12.1 Å². The molecule has 1 aliphatic rings. The van der Waals surface area contributed by atoms with Gasteiger partial charge >= 0.3 is 0 Å². The fourth-order valence-electron chi connectivity index (χ4n) is 2.52. The van der Waals surface area contributed by atoms with Crippen LogP contribution in [0.2, 0.25) is 0 Å². The summed E-state index contributed by atoms with van der Waals surface area (Å²) in [4.78, 5) is 13.3. The number of carbonyl (C=O) groups excluding carboxylic acids is 1. The number of hydrogen-bond acceptors (Lipinski definition) is 3. The largest absolute Gasteiger partial charge is 0.396 e. The van der Waals surface area contributed by atoms with E-state index in [0.717, 1.165) is 49.9 Å². The molecule has 17 heavy (non-hydrogen) atoms. The molecule has 1 aliphatic heterocycles. The molecular formula is C14H19NO2. The third-order valence-corrected chi connectivity index (χ3v) is 3.56. The Kier molecular flexibility index (Phi) is 4.15. The summed E-state index contributed by atoms with van der Waals surface area (Å²) in [6.07, 6.45) is 4.04. The summed E-state index contributed by atoms with van der Waals surface area (Å²) in [5, 5.41) is 8.92. The summed E-state index contributed by atoms with van der Waals surface area (Å²) in [5.74, 6) is 0.639. The highest BCUT2D eigenvalue weighted by atomic mass is 16.3. The molecule has 0 amide bonds. The average Bonchev–Trinajstić information content (AvgIpc) is 2.40. The van der Waals surface area contributed by atoms with Crippen molar-refractivity contribution in [2.75, 3.05) is 24.6 Å². The normalized spacial score (nSPS) is 17.1. The van der Waals surface area contributed by atoms with Gasteiger partial charge in [-0.25, -0.2) is 0 Å². The van der Waals surface area contributed by atoms with E-state index in [1.807, 2.05) is 24.3 Å². The maximum Gasteiger partial charge on any atom is 0.152 e. The van der Waals surface area contributed by atoms with Crippen LogP contribution in [-0.4, -0.2) is 31.1 Å². The van der Waals surface area contributed by atoms with Gasteiger partial charge in [0.2, 0.25) is 0 Å². The predicted molar refractivity (Wildman–Crippen MR) is 68.5 cm³/mol. The van der Waals surface area contributed by atoms with Gasteiger partial charge in [0.25, 0.3) is 0 Å². The van der Waals surface area contributed by atoms with Crippen molar-refractivity contribution in [1.29, 1.82) is 0 Å². The number of nitrogens with zero attached hydrogens (tertiary/aromatic N) is 1. The van der Waals surface area contributed by atoms with Crippen LogP contribution >= 0.6 is 0 Å². The molecule has 92 valence electrons. The van der Waals surface area contributed by atoms with Gasteiger partial charge in [0.15, 0.2) is 6.29 Å². The summed E-state index contributed by atoms with van der Waals surface area (Å²) in [6.45, 7) is 2.25. The first-order valence-corrected chi connectivity index (χ1v) is 6.25. The van der Waals surface area contributed by atoms with Crippen LogP contribution in [-0.2, 0) is 0 Å². The van der Waals surface area contributed by atoms with E-state index in [1.165, 1.54) is 0 Å². The Morgan fingerprint density at radius 2 is 2.00 bits per heavy atom. The van der Waals surface area contributed by atoms with E-state index in [-0.39, 0.29) is 6.61 Å². The van der Waals surface area contributed by atoms with Crippen molar-refractivity contribution in [3.05, 3.63) is 29.8 Å². The molecule has 0 unspecified atom stereocenters. The highest BCUT2D eigenvalue weighted by Crippen LogP contribution is 2.26. The van der Waals surface area contributed by atoms with Crippen molar-refractivity contribution in [2.45, 2.75) is 19.3 Å². The third kappa shape index (κ3) is 2.86. The fraction of sp³-hybridized carbons (Fsp3) is 0.500. The van der Waals surface area contributed by atoms with Gasteiger partial charge in [-0.05, 0) is 37.3 Å². The van der Waals surface area contributed by atoms with E-state index in [0.29, 0.717) is 5.92 Å². The van der Waals surface area contributed by atoms with Crippen molar-refractivity contribution in [2.24, 2.45) is 5.92 Å². The Labute approximate surface area is 102 Å². The monoisotopic (exact) mass is 233 g/mol. The van der Waals surface area contributed by atoms with Gasteiger partial charge in [0.1, 0.15) is 0 Å². The van der Waals surface area contributed by atoms with Crippen molar-refractivity contribution in [1.82, 2.24) is 0 Å². The molecule has 0 spiro atoms. The maximum absolute atomic E-state index is 11.0. The molecule has 0 aromatic heterocycles. The van der Waals surface area contributed by atoms with E-state index in [2.05, 4.69) is 4.90 Å². The van der Waals surface area contributed by atoms with E-state index in [9.17, 15) is 4.79 Å². The molecule has 3 nitrogen and oxygen atoms in total. The zero-order valence-corrected chi connectivity index (χ0v) is 10.0. The van der Waals surface area contributed by atoms with Crippen LogP contribution in [0.15, 0.2) is 24.3 Å². The lowest BCUT2D eigenvalue weighted by molar-refractivity contribution is 0.112. The second kappa shape index (κ2) is 5.82. The smallest absolute Gasteiger partial charge is 0.152 e. The zero-order valence-electron chi connectivity index (χ0n) is 10.0. The van der Waals surface area contributed by atoms with Crippen LogP contribution in [0.25, 0.3) is 0 Å². The van der Waals surface area contributed by atoms with Crippen LogP contribution < -0.4 is 4.90 Å². The average molecular weight is 233 g/mol. The standard InChI is InChI=1S/C14H19NO2/c16-10-7-12-5-8-15(9-6-12)14-4-2-1-3-13(14)11-17/h1-4,11-12,16H,5-10H2. The number of aldehydes is 1. The lowest BCUT2D eigenvalue weighted by Crippen LogP contribution is -2.34. The molecular weight excluding hydrogens is 214 g/mol.